The third kappa shape index (κ3) is 4.77. The Labute approximate surface area is 109 Å². The fraction of sp³-hybridized carbons (Fsp3) is 0.500. The molecule has 17 heavy (non-hydrogen) atoms. The number of nitriles is 1. The Morgan fingerprint density at radius 2 is 1.94 bits per heavy atom. The van der Waals surface area contributed by atoms with E-state index in [0.717, 1.165) is 18.0 Å². The van der Waals surface area contributed by atoms with Crippen molar-refractivity contribution in [3.8, 4) is 6.07 Å². The van der Waals surface area contributed by atoms with Gasteiger partial charge in [0.15, 0.2) is 0 Å². The zero-order chi connectivity index (χ0) is 12.9. The number of hydrogen-bond donors (Lipinski definition) is 1. The van der Waals surface area contributed by atoms with Crippen LogP contribution in [-0.2, 0) is 0 Å². The number of hydrogen-bond acceptors (Lipinski definition) is 2. The Hall–Kier alpha value is -1.04. The van der Waals surface area contributed by atoms with E-state index >= 15 is 0 Å². The topological polar surface area (TPSA) is 35.8 Å². The molecule has 1 aromatic carbocycles. The van der Waals surface area contributed by atoms with Crippen LogP contribution >= 0.6 is 11.6 Å². The lowest BCUT2D eigenvalue weighted by Crippen LogP contribution is -2.24. The number of nitrogens with zero attached hydrogens (tertiary/aromatic N) is 1. The molecule has 0 saturated heterocycles. The van der Waals surface area contributed by atoms with Crippen molar-refractivity contribution in [2.24, 2.45) is 5.41 Å². The van der Waals surface area contributed by atoms with Gasteiger partial charge in [-0.2, -0.15) is 5.26 Å². The molecule has 1 rings (SSSR count). The number of halogens is 1. The van der Waals surface area contributed by atoms with E-state index < -0.39 is 0 Å². The molecule has 0 bridgehead atoms. The highest BCUT2D eigenvalue weighted by Gasteiger charge is 2.16. The minimum Gasteiger partial charge on any atom is -0.310 e. The second-order valence-electron chi connectivity index (χ2n) is 4.97. The molecule has 0 aliphatic carbocycles. The first-order valence-electron chi connectivity index (χ1n) is 5.85. The van der Waals surface area contributed by atoms with Crippen LogP contribution in [0.3, 0.4) is 0 Å². The molecule has 1 N–H and O–H groups in total. The summed E-state index contributed by atoms with van der Waals surface area (Å²) in [5, 5.41) is 13.1. The van der Waals surface area contributed by atoms with E-state index in [-0.39, 0.29) is 11.5 Å². The third-order valence-corrected chi connectivity index (χ3v) is 3.13. The molecule has 92 valence electrons. The van der Waals surface area contributed by atoms with Crippen LogP contribution in [0.2, 0.25) is 5.02 Å². The van der Waals surface area contributed by atoms with Gasteiger partial charge in [-0.05, 0) is 51.4 Å². The summed E-state index contributed by atoms with van der Waals surface area (Å²) in [7, 11) is 0. The third-order valence-electron chi connectivity index (χ3n) is 2.87. The van der Waals surface area contributed by atoms with Crippen LogP contribution in [0, 0.1) is 16.7 Å². The smallest absolute Gasteiger partial charge is 0.0684 e. The van der Waals surface area contributed by atoms with Gasteiger partial charge in [-0.25, -0.2) is 0 Å². The van der Waals surface area contributed by atoms with Gasteiger partial charge in [0.25, 0.3) is 0 Å². The van der Waals surface area contributed by atoms with Crippen molar-refractivity contribution < 1.29 is 0 Å². The number of benzene rings is 1. The van der Waals surface area contributed by atoms with Crippen molar-refractivity contribution in [2.75, 3.05) is 6.54 Å². The molecule has 1 atom stereocenters. The highest BCUT2D eigenvalue weighted by Crippen LogP contribution is 2.19. The maximum absolute atomic E-state index is 8.91. The van der Waals surface area contributed by atoms with Crippen LogP contribution in [0.25, 0.3) is 0 Å². The summed E-state index contributed by atoms with van der Waals surface area (Å²) in [5.41, 5.74) is 0.955. The summed E-state index contributed by atoms with van der Waals surface area (Å²) < 4.78 is 0. The molecule has 0 aliphatic rings. The molecule has 0 aliphatic heterocycles. The monoisotopic (exact) mass is 250 g/mol. The van der Waals surface area contributed by atoms with Gasteiger partial charge in [-0.15, -0.1) is 0 Å². The normalized spacial score (nSPS) is 13.1. The molecule has 0 fully saturated rings. The van der Waals surface area contributed by atoms with E-state index in [0.29, 0.717) is 0 Å². The van der Waals surface area contributed by atoms with Crippen molar-refractivity contribution in [2.45, 2.75) is 33.2 Å². The molecule has 0 heterocycles. The molecular weight excluding hydrogens is 232 g/mol. The Morgan fingerprint density at radius 1 is 1.35 bits per heavy atom. The molecule has 0 radical (unpaired) electrons. The van der Waals surface area contributed by atoms with Crippen LogP contribution in [0.4, 0.5) is 0 Å². The molecule has 0 spiro atoms. The minimum absolute atomic E-state index is 0.257. The highest BCUT2D eigenvalue weighted by molar-refractivity contribution is 6.30. The Balaban J connectivity index is 2.43. The summed E-state index contributed by atoms with van der Waals surface area (Å²) in [6.07, 6.45) is 0.849. The molecule has 0 amide bonds. The summed E-state index contributed by atoms with van der Waals surface area (Å²) in [4.78, 5) is 0. The quantitative estimate of drug-likeness (QED) is 0.860. The summed E-state index contributed by atoms with van der Waals surface area (Å²) in [6.45, 7) is 6.87. The van der Waals surface area contributed by atoms with Gasteiger partial charge < -0.3 is 5.32 Å². The Morgan fingerprint density at radius 3 is 2.47 bits per heavy atom. The lowest BCUT2D eigenvalue weighted by molar-refractivity contribution is 0.416. The second kappa shape index (κ2) is 6.05. The van der Waals surface area contributed by atoms with E-state index in [9.17, 15) is 0 Å². The molecule has 2 nitrogen and oxygen atoms in total. The van der Waals surface area contributed by atoms with E-state index in [1.165, 1.54) is 5.56 Å². The first-order chi connectivity index (χ1) is 7.94. The van der Waals surface area contributed by atoms with Gasteiger partial charge in [0.1, 0.15) is 0 Å². The zero-order valence-corrected chi connectivity index (χ0v) is 11.4. The van der Waals surface area contributed by atoms with Gasteiger partial charge in [0.05, 0.1) is 11.5 Å². The van der Waals surface area contributed by atoms with Crippen LogP contribution < -0.4 is 5.32 Å². The van der Waals surface area contributed by atoms with Gasteiger partial charge in [-0.3, -0.25) is 0 Å². The van der Waals surface area contributed by atoms with E-state index in [1.54, 1.807) is 0 Å². The summed E-state index contributed by atoms with van der Waals surface area (Å²) in [6, 6.07) is 10.4. The highest BCUT2D eigenvalue weighted by atomic mass is 35.5. The average Bonchev–Trinajstić information content (AvgIpc) is 2.29. The molecule has 0 unspecified atom stereocenters. The molecule has 1 aromatic rings. The molecular formula is C14H19ClN2. The zero-order valence-electron chi connectivity index (χ0n) is 10.6. The van der Waals surface area contributed by atoms with Gasteiger partial charge in [0.2, 0.25) is 0 Å². The minimum atomic E-state index is -0.257. The van der Waals surface area contributed by atoms with E-state index in [4.69, 9.17) is 16.9 Å². The molecule has 0 aromatic heterocycles. The average molecular weight is 251 g/mol. The van der Waals surface area contributed by atoms with Gasteiger partial charge in [0, 0.05) is 11.1 Å². The SMILES string of the molecule is C[C@@H](NCCC(C)(C)C#N)c1ccc(Cl)cc1. The fourth-order valence-electron chi connectivity index (χ4n) is 1.53. The number of nitrogens with one attached hydrogen (secondary N) is 1. The standard InChI is InChI=1S/C14H19ClN2/c1-11(12-4-6-13(15)7-5-12)17-9-8-14(2,3)10-16/h4-7,11,17H,8-9H2,1-3H3/t11-/m1/s1. The fourth-order valence-corrected chi connectivity index (χ4v) is 1.65. The van der Waals surface area contributed by atoms with Crippen LogP contribution in [0.1, 0.15) is 38.8 Å². The van der Waals surface area contributed by atoms with Gasteiger partial charge >= 0.3 is 0 Å². The Bertz CT molecular complexity index is 390. The van der Waals surface area contributed by atoms with Crippen LogP contribution in [0.5, 0.6) is 0 Å². The summed E-state index contributed by atoms with van der Waals surface area (Å²) >= 11 is 5.84. The Kier molecular flexibility index (Phi) is 4.99. The van der Waals surface area contributed by atoms with Crippen molar-refractivity contribution in [3.05, 3.63) is 34.9 Å². The molecule has 0 saturated carbocycles. The largest absolute Gasteiger partial charge is 0.310 e. The second-order valence-corrected chi connectivity index (χ2v) is 5.41. The van der Waals surface area contributed by atoms with Crippen molar-refractivity contribution >= 4 is 11.6 Å². The maximum Gasteiger partial charge on any atom is 0.0684 e. The number of rotatable bonds is 5. The van der Waals surface area contributed by atoms with Crippen molar-refractivity contribution in [3.63, 3.8) is 0 Å². The first kappa shape index (κ1) is 14.0. The summed E-state index contributed by atoms with van der Waals surface area (Å²) in [5.74, 6) is 0. The molecule has 3 heteroatoms. The lowest BCUT2D eigenvalue weighted by atomic mass is 9.91. The van der Waals surface area contributed by atoms with Gasteiger partial charge in [-0.1, -0.05) is 23.7 Å². The maximum atomic E-state index is 8.91. The lowest BCUT2D eigenvalue weighted by Gasteiger charge is -2.19. The van der Waals surface area contributed by atoms with E-state index in [1.807, 2.05) is 38.1 Å². The van der Waals surface area contributed by atoms with Crippen LogP contribution in [0.15, 0.2) is 24.3 Å². The first-order valence-corrected chi connectivity index (χ1v) is 6.22. The van der Waals surface area contributed by atoms with Crippen LogP contribution in [-0.4, -0.2) is 6.54 Å². The van der Waals surface area contributed by atoms with E-state index in [2.05, 4.69) is 18.3 Å². The van der Waals surface area contributed by atoms with Crippen molar-refractivity contribution in [1.82, 2.24) is 5.32 Å². The predicted molar refractivity (Wildman–Crippen MR) is 71.9 cm³/mol. The predicted octanol–water partition coefficient (Wildman–Crippen LogP) is 3.93. The van der Waals surface area contributed by atoms with Crippen molar-refractivity contribution in [1.29, 1.82) is 5.26 Å².